The summed E-state index contributed by atoms with van der Waals surface area (Å²) in [7, 11) is 2.14. The first-order chi connectivity index (χ1) is 8.66. The number of rotatable bonds is 6. The summed E-state index contributed by atoms with van der Waals surface area (Å²) in [4.78, 5) is 2.32. The largest absolute Gasteiger partial charge is 0.464 e. The summed E-state index contributed by atoms with van der Waals surface area (Å²) >= 11 is 0. The fourth-order valence-electron chi connectivity index (χ4n) is 2.21. The summed E-state index contributed by atoms with van der Waals surface area (Å²) in [5, 5.41) is 1.22. The van der Waals surface area contributed by atoms with Crippen molar-refractivity contribution in [3.63, 3.8) is 0 Å². The van der Waals surface area contributed by atoms with Gasteiger partial charge in [-0.15, -0.1) is 0 Å². The molecule has 1 aromatic carbocycles. The van der Waals surface area contributed by atoms with Crippen molar-refractivity contribution >= 4 is 11.0 Å². The Morgan fingerprint density at radius 3 is 2.89 bits per heavy atom. The first-order valence-corrected chi connectivity index (χ1v) is 6.56. The van der Waals surface area contributed by atoms with Crippen LogP contribution in [0.3, 0.4) is 0 Å². The number of para-hydroxylation sites is 1. The van der Waals surface area contributed by atoms with Crippen molar-refractivity contribution in [3.8, 4) is 0 Å². The summed E-state index contributed by atoms with van der Waals surface area (Å²) < 4.78 is 5.55. The standard InChI is InChI=1S/C15H22N2O/c1-12(16)6-5-9-17(2)10-13-11-18-15-8-4-3-7-14(13)15/h3-4,7-8,11-12H,5-6,9-10,16H2,1-2H3. The highest BCUT2D eigenvalue weighted by Crippen LogP contribution is 2.21. The third-order valence-corrected chi connectivity index (χ3v) is 3.20. The third kappa shape index (κ3) is 3.34. The van der Waals surface area contributed by atoms with Crippen LogP contribution in [0.1, 0.15) is 25.3 Å². The van der Waals surface area contributed by atoms with Gasteiger partial charge < -0.3 is 15.1 Å². The molecule has 0 saturated heterocycles. The van der Waals surface area contributed by atoms with Crippen LogP contribution in [0.2, 0.25) is 0 Å². The highest BCUT2D eigenvalue weighted by Gasteiger charge is 2.07. The Bertz CT molecular complexity index is 490. The Morgan fingerprint density at radius 1 is 1.33 bits per heavy atom. The zero-order valence-electron chi connectivity index (χ0n) is 11.2. The summed E-state index contributed by atoms with van der Waals surface area (Å²) in [5.41, 5.74) is 7.98. The lowest BCUT2D eigenvalue weighted by Crippen LogP contribution is -2.22. The van der Waals surface area contributed by atoms with E-state index in [-0.39, 0.29) is 0 Å². The SMILES string of the molecule is CC(N)CCCN(C)Cc1coc2ccccc12. The van der Waals surface area contributed by atoms with Gasteiger partial charge in [0.25, 0.3) is 0 Å². The van der Waals surface area contributed by atoms with Crippen molar-refractivity contribution < 1.29 is 4.42 Å². The first-order valence-electron chi connectivity index (χ1n) is 6.56. The van der Waals surface area contributed by atoms with Crippen molar-refractivity contribution in [2.75, 3.05) is 13.6 Å². The molecule has 0 fully saturated rings. The number of furan rings is 1. The fourth-order valence-corrected chi connectivity index (χ4v) is 2.21. The monoisotopic (exact) mass is 246 g/mol. The van der Waals surface area contributed by atoms with Gasteiger partial charge in [-0.25, -0.2) is 0 Å². The van der Waals surface area contributed by atoms with Crippen LogP contribution >= 0.6 is 0 Å². The zero-order chi connectivity index (χ0) is 13.0. The maximum atomic E-state index is 5.76. The molecule has 2 N–H and O–H groups in total. The number of hydrogen-bond donors (Lipinski definition) is 1. The van der Waals surface area contributed by atoms with Crippen LogP contribution in [0.5, 0.6) is 0 Å². The Hall–Kier alpha value is -1.32. The first kappa shape index (κ1) is 13.1. The summed E-state index contributed by atoms with van der Waals surface area (Å²) in [5.74, 6) is 0. The van der Waals surface area contributed by atoms with Gasteiger partial charge >= 0.3 is 0 Å². The van der Waals surface area contributed by atoms with Gasteiger partial charge in [0.15, 0.2) is 0 Å². The molecule has 18 heavy (non-hydrogen) atoms. The molecule has 1 unspecified atom stereocenters. The zero-order valence-corrected chi connectivity index (χ0v) is 11.2. The Kier molecular flexibility index (Phi) is 4.39. The van der Waals surface area contributed by atoms with E-state index < -0.39 is 0 Å². The number of hydrogen-bond acceptors (Lipinski definition) is 3. The van der Waals surface area contributed by atoms with Crippen LogP contribution in [0.4, 0.5) is 0 Å². The molecule has 2 aromatic rings. The van der Waals surface area contributed by atoms with Gasteiger partial charge in [-0.1, -0.05) is 18.2 Å². The van der Waals surface area contributed by atoms with Gasteiger partial charge in [0, 0.05) is 23.5 Å². The lowest BCUT2D eigenvalue weighted by atomic mass is 10.1. The van der Waals surface area contributed by atoms with Crippen molar-refractivity contribution in [1.29, 1.82) is 0 Å². The molecule has 98 valence electrons. The number of benzene rings is 1. The molecule has 1 heterocycles. The van der Waals surface area contributed by atoms with E-state index in [4.69, 9.17) is 10.2 Å². The molecule has 0 bridgehead atoms. The lowest BCUT2D eigenvalue weighted by Gasteiger charge is -2.16. The average molecular weight is 246 g/mol. The molecule has 0 spiro atoms. The smallest absolute Gasteiger partial charge is 0.134 e. The van der Waals surface area contributed by atoms with Gasteiger partial charge in [0.2, 0.25) is 0 Å². The van der Waals surface area contributed by atoms with Crippen LogP contribution in [-0.4, -0.2) is 24.5 Å². The molecule has 0 amide bonds. The minimum Gasteiger partial charge on any atom is -0.464 e. The van der Waals surface area contributed by atoms with Crippen molar-refractivity contribution in [2.45, 2.75) is 32.4 Å². The summed E-state index contributed by atoms with van der Waals surface area (Å²) in [6, 6.07) is 8.48. The molecule has 1 atom stereocenters. The normalized spacial score (nSPS) is 13.3. The van der Waals surface area contributed by atoms with E-state index in [0.29, 0.717) is 6.04 Å². The molecular formula is C15H22N2O. The van der Waals surface area contributed by atoms with Gasteiger partial charge in [-0.3, -0.25) is 0 Å². The topological polar surface area (TPSA) is 42.4 Å². The van der Waals surface area contributed by atoms with Gasteiger partial charge in [0.1, 0.15) is 5.58 Å². The van der Waals surface area contributed by atoms with Crippen LogP contribution in [0, 0.1) is 0 Å². The second kappa shape index (κ2) is 6.03. The van der Waals surface area contributed by atoms with E-state index >= 15 is 0 Å². The lowest BCUT2D eigenvalue weighted by molar-refractivity contribution is 0.315. The van der Waals surface area contributed by atoms with Crippen LogP contribution in [0.25, 0.3) is 11.0 Å². The van der Waals surface area contributed by atoms with Crippen LogP contribution < -0.4 is 5.73 Å². The van der Waals surface area contributed by atoms with Crippen molar-refractivity contribution in [2.24, 2.45) is 5.73 Å². The minimum absolute atomic E-state index is 0.299. The van der Waals surface area contributed by atoms with Gasteiger partial charge in [-0.05, 0) is 39.4 Å². The maximum absolute atomic E-state index is 5.76. The molecule has 1 aromatic heterocycles. The predicted octanol–water partition coefficient (Wildman–Crippen LogP) is 2.99. The molecule has 0 aliphatic heterocycles. The summed E-state index contributed by atoms with van der Waals surface area (Å²) in [6.07, 6.45) is 4.09. The van der Waals surface area contributed by atoms with E-state index in [1.165, 1.54) is 10.9 Å². The van der Waals surface area contributed by atoms with Crippen LogP contribution in [0.15, 0.2) is 34.9 Å². The Balaban J connectivity index is 1.92. The third-order valence-electron chi connectivity index (χ3n) is 3.20. The maximum Gasteiger partial charge on any atom is 0.134 e. The highest BCUT2D eigenvalue weighted by molar-refractivity contribution is 5.80. The van der Waals surface area contributed by atoms with Crippen molar-refractivity contribution in [1.82, 2.24) is 4.90 Å². The molecule has 0 saturated carbocycles. The predicted molar refractivity (Wildman–Crippen MR) is 75.4 cm³/mol. The van der Waals surface area contributed by atoms with Crippen molar-refractivity contribution in [3.05, 3.63) is 36.1 Å². The molecule has 0 aliphatic carbocycles. The van der Waals surface area contributed by atoms with E-state index in [0.717, 1.165) is 31.5 Å². The second-order valence-electron chi connectivity index (χ2n) is 5.11. The van der Waals surface area contributed by atoms with Gasteiger partial charge in [-0.2, -0.15) is 0 Å². The van der Waals surface area contributed by atoms with Gasteiger partial charge in [0.05, 0.1) is 6.26 Å². The summed E-state index contributed by atoms with van der Waals surface area (Å²) in [6.45, 7) is 4.06. The molecule has 3 heteroatoms. The van der Waals surface area contributed by atoms with E-state index in [2.05, 4.69) is 31.0 Å². The Morgan fingerprint density at radius 2 is 2.11 bits per heavy atom. The second-order valence-corrected chi connectivity index (χ2v) is 5.11. The van der Waals surface area contributed by atoms with Crippen LogP contribution in [-0.2, 0) is 6.54 Å². The minimum atomic E-state index is 0.299. The fraction of sp³-hybridized carbons (Fsp3) is 0.467. The average Bonchev–Trinajstić information content (AvgIpc) is 2.72. The molecular weight excluding hydrogens is 224 g/mol. The number of nitrogens with two attached hydrogens (primary N) is 1. The van der Waals surface area contributed by atoms with E-state index in [1.54, 1.807) is 0 Å². The van der Waals surface area contributed by atoms with E-state index in [9.17, 15) is 0 Å². The number of fused-ring (bicyclic) bond motifs is 1. The molecule has 0 radical (unpaired) electrons. The highest BCUT2D eigenvalue weighted by atomic mass is 16.3. The molecule has 0 aliphatic rings. The molecule has 2 rings (SSSR count). The van der Waals surface area contributed by atoms with E-state index in [1.807, 2.05) is 18.4 Å². The quantitative estimate of drug-likeness (QED) is 0.852. The molecule has 3 nitrogen and oxygen atoms in total. The Labute approximate surface area is 109 Å². The number of nitrogens with zero attached hydrogens (tertiary/aromatic N) is 1.